The number of nitrogens with one attached hydrogen (secondary N) is 2. The molecular formula is C26H26FN5O. The highest BCUT2D eigenvalue weighted by molar-refractivity contribution is 5.94. The van der Waals surface area contributed by atoms with Gasteiger partial charge in [0, 0.05) is 38.1 Å². The number of carbonyl (C=O) groups excluding carboxylic acids is 1. The molecule has 168 valence electrons. The fraction of sp³-hybridized carbons (Fsp3) is 0.192. The SMILES string of the molecule is Cc1ccc2nc(N(C)C)nc(NCc3ccc(C(=O)NCc4ccc(F)cc4)cc3)c2c1. The second-order valence-electron chi connectivity index (χ2n) is 8.15. The van der Waals surface area contributed by atoms with E-state index < -0.39 is 0 Å². The molecule has 4 aromatic rings. The minimum Gasteiger partial charge on any atom is -0.365 e. The first-order chi connectivity index (χ1) is 15.9. The fourth-order valence-electron chi connectivity index (χ4n) is 3.41. The van der Waals surface area contributed by atoms with E-state index in [0.29, 0.717) is 24.6 Å². The second-order valence-corrected chi connectivity index (χ2v) is 8.15. The standard InChI is InChI=1S/C26H26FN5O/c1-17-4-13-23-22(14-17)24(31-26(30-23)32(2)3)28-15-18-5-9-20(10-6-18)25(33)29-16-19-7-11-21(27)12-8-19/h4-14H,15-16H2,1-3H3,(H,29,33)(H,28,30,31). The van der Waals surface area contributed by atoms with Crippen molar-refractivity contribution in [1.82, 2.24) is 15.3 Å². The number of hydrogen-bond acceptors (Lipinski definition) is 5. The third-order valence-corrected chi connectivity index (χ3v) is 5.28. The molecule has 0 saturated heterocycles. The van der Waals surface area contributed by atoms with Crippen molar-refractivity contribution in [1.29, 1.82) is 0 Å². The normalized spacial score (nSPS) is 10.8. The van der Waals surface area contributed by atoms with Gasteiger partial charge in [-0.1, -0.05) is 35.9 Å². The molecule has 0 fully saturated rings. The van der Waals surface area contributed by atoms with Crippen molar-refractivity contribution in [3.05, 3.63) is 94.8 Å². The molecule has 33 heavy (non-hydrogen) atoms. The molecule has 0 aliphatic heterocycles. The first kappa shape index (κ1) is 22.2. The smallest absolute Gasteiger partial charge is 0.251 e. The Kier molecular flexibility index (Phi) is 6.49. The molecule has 4 rings (SSSR count). The van der Waals surface area contributed by atoms with E-state index in [1.54, 1.807) is 24.3 Å². The topological polar surface area (TPSA) is 70.2 Å². The Morgan fingerprint density at radius 2 is 1.58 bits per heavy atom. The first-order valence-corrected chi connectivity index (χ1v) is 10.7. The molecule has 1 heterocycles. The summed E-state index contributed by atoms with van der Waals surface area (Å²) in [6.45, 7) is 2.95. The summed E-state index contributed by atoms with van der Waals surface area (Å²) in [7, 11) is 3.83. The van der Waals surface area contributed by atoms with Crippen LogP contribution in [0.3, 0.4) is 0 Å². The first-order valence-electron chi connectivity index (χ1n) is 10.7. The third-order valence-electron chi connectivity index (χ3n) is 5.28. The predicted molar refractivity (Wildman–Crippen MR) is 130 cm³/mol. The number of rotatable bonds is 7. The average molecular weight is 444 g/mol. The van der Waals surface area contributed by atoms with Gasteiger partial charge in [0.05, 0.1) is 5.52 Å². The summed E-state index contributed by atoms with van der Waals surface area (Å²) in [5.41, 5.74) is 4.46. The highest BCUT2D eigenvalue weighted by atomic mass is 19.1. The molecular weight excluding hydrogens is 417 g/mol. The number of hydrogen-bond donors (Lipinski definition) is 2. The van der Waals surface area contributed by atoms with E-state index in [-0.39, 0.29) is 11.7 Å². The monoisotopic (exact) mass is 443 g/mol. The van der Waals surface area contributed by atoms with Crippen LogP contribution in [0, 0.1) is 12.7 Å². The fourth-order valence-corrected chi connectivity index (χ4v) is 3.41. The lowest BCUT2D eigenvalue weighted by atomic mass is 10.1. The van der Waals surface area contributed by atoms with Crippen molar-refractivity contribution in [2.75, 3.05) is 24.3 Å². The van der Waals surface area contributed by atoms with E-state index in [1.807, 2.05) is 50.2 Å². The van der Waals surface area contributed by atoms with Crippen molar-refractivity contribution < 1.29 is 9.18 Å². The lowest BCUT2D eigenvalue weighted by molar-refractivity contribution is 0.0951. The van der Waals surface area contributed by atoms with Gasteiger partial charge in [-0.2, -0.15) is 4.98 Å². The number of aromatic nitrogens is 2. The lowest BCUT2D eigenvalue weighted by Gasteiger charge is -2.15. The average Bonchev–Trinajstić information content (AvgIpc) is 2.82. The van der Waals surface area contributed by atoms with Gasteiger partial charge in [0.25, 0.3) is 5.91 Å². The van der Waals surface area contributed by atoms with E-state index in [1.165, 1.54) is 12.1 Å². The third kappa shape index (κ3) is 5.44. The zero-order valence-corrected chi connectivity index (χ0v) is 18.9. The number of nitrogens with zero attached hydrogens (tertiary/aromatic N) is 3. The van der Waals surface area contributed by atoms with E-state index >= 15 is 0 Å². The van der Waals surface area contributed by atoms with Gasteiger partial charge in [0.1, 0.15) is 11.6 Å². The second kappa shape index (κ2) is 9.65. The van der Waals surface area contributed by atoms with E-state index in [4.69, 9.17) is 0 Å². The lowest BCUT2D eigenvalue weighted by Crippen LogP contribution is -2.22. The maximum absolute atomic E-state index is 13.0. The zero-order valence-electron chi connectivity index (χ0n) is 18.9. The Bertz CT molecular complexity index is 1270. The number of anilines is 2. The molecule has 2 N–H and O–H groups in total. The molecule has 0 unspecified atom stereocenters. The predicted octanol–water partition coefficient (Wildman–Crippen LogP) is 4.69. The Morgan fingerprint density at radius 1 is 0.909 bits per heavy atom. The van der Waals surface area contributed by atoms with Crippen LogP contribution in [-0.2, 0) is 13.1 Å². The molecule has 7 heteroatoms. The van der Waals surface area contributed by atoms with E-state index in [9.17, 15) is 9.18 Å². The van der Waals surface area contributed by atoms with E-state index in [0.717, 1.165) is 33.4 Å². The van der Waals surface area contributed by atoms with Crippen molar-refractivity contribution in [2.45, 2.75) is 20.0 Å². The zero-order chi connectivity index (χ0) is 23.4. The van der Waals surface area contributed by atoms with Crippen LogP contribution in [0.25, 0.3) is 10.9 Å². The van der Waals surface area contributed by atoms with Crippen LogP contribution in [-0.4, -0.2) is 30.0 Å². The number of benzene rings is 3. The molecule has 0 saturated carbocycles. The highest BCUT2D eigenvalue weighted by Gasteiger charge is 2.10. The van der Waals surface area contributed by atoms with Crippen LogP contribution < -0.4 is 15.5 Å². The summed E-state index contributed by atoms with van der Waals surface area (Å²) in [4.78, 5) is 23.6. The molecule has 0 atom stereocenters. The number of aryl methyl sites for hydroxylation is 1. The summed E-state index contributed by atoms with van der Waals surface area (Å²) < 4.78 is 13.0. The minimum absolute atomic E-state index is 0.174. The van der Waals surface area contributed by atoms with Crippen molar-refractivity contribution in [3.8, 4) is 0 Å². The Balaban J connectivity index is 1.43. The van der Waals surface area contributed by atoms with E-state index in [2.05, 4.69) is 26.7 Å². The van der Waals surface area contributed by atoms with Gasteiger partial charge in [-0.3, -0.25) is 4.79 Å². The molecule has 3 aromatic carbocycles. The van der Waals surface area contributed by atoms with Crippen LogP contribution in [0.4, 0.5) is 16.2 Å². The van der Waals surface area contributed by atoms with Crippen LogP contribution in [0.15, 0.2) is 66.7 Å². The summed E-state index contributed by atoms with van der Waals surface area (Å²) in [6.07, 6.45) is 0. The Morgan fingerprint density at radius 3 is 2.27 bits per heavy atom. The Labute approximate surface area is 192 Å². The summed E-state index contributed by atoms with van der Waals surface area (Å²) in [6, 6.07) is 19.6. The van der Waals surface area contributed by atoms with Gasteiger partial charge in [0.15, 0.2) is 0 Å². The van der Waals surface area contributed by atoms with Crippen LogP contribution in [0.1, 0.15) is 27.0 Å². The number of fused-ring (bicyclic) bond motifs is 1. The molecule has 1 aromatic heterocycles. The molecule has 6 nitrogen and oxygen atoms in total. The van der Waals surface area contributed by atoms with Crippen molar-refractivity contribution in [3.63, 3.8) is 0 Å². The number of halogens is 1. The van der Waals surface area contributed by atoms with Crippen LogP contribution >= 0.6 is 0 Å². The van der Waals surface area contributed by atoms with Crippen LogP contribution in [0.5, 0.6) is 0 Å². The van der Waals surface area contributed by atoms with Crippen LogP contribution in [0.2, 0.25) is 0 Å². The molecule has 1 amide bonds. The number of carbonyl (C=O) groups is 1. The maximum atomic E-state index is 13.0. The van der Waals surface area contributed by atoms with Gasteiger partial charge >= 0.3 is 0 Å². The largest absolute Gasteiger partial charge is 0.365 e. The van der Waals surface area contributed by atoms with Crippen molar-refractivity contribution >= 4 is 28.6 Å². The quantitative estimate of drug-likeness (QED) is 0.434. The molecule has 0 aliphatic rings. The summed E-state index contributed by atoms with van der Waals surface area (Å²) in [5, 5.41) is 7.24. The molecule has 0 radical (unpaired) electrons. The van der Waals surface area contributed by atoms with Gasteiger partial charge in [-0.15, -0.1) is 0 Å². The minimum atomic E-state index is -0.294. The summed E-state index contributed by atoms with van der Waals surface area (Å²) >= 11 is 0. The van der Waals surface area contributed by atoms with Gasteiger partial charge in [-0.05, 0) is 54.4 Å². The van der Waals surface area contributed by atoms with Gasteiger partial charge in [0.2, 0.25) is 5.95 Å². The number of amides is 1. The van der Waals surface area contributed by atoms with Crippen molar-refractivity contribution in [2.24, 2.45) is 0 Å². The molecule has 0 bridgehead atoms. The molecule has 0 aliphatic carbocycles. The summed E-state index contributed by atoms with van der Waals surface area (Å²) in [5.74, 6) is 0.944. The highest BCUT2D eigenvalue weighted by Crippen LogP contribution is 2.24. The maximum Gasteiger partial charge on any atom is 0.251 e. The molecule has 0 spiro atoms. The Hall–Kier alpha value is -4.00. The van der Waals surface area contributed by atoms with Gasteiger partial charge < -0.3 is 15.5 Å². The van der Waals surface area contributed by atoms with Gasteiger partial charge in [-0.25, -0.2) is 9.37 Å².